The number of aryl methyl sites for hydroxylation is 1. The number of aromatic nitrogens is 2. The molecule has 0 aliphatic heterocycles. The first kappa shape index (κ1) is 27.0. The van der Waals surface area contributed by atoms with Crippen molar-refractivity contribution in [3.63, 3.8) is 0 Å². The Bertz CT molecular complexity index is 1560. The minimum atomic E-state index is -0.561. The van der Waals surface area contributed by atoms with Gasteiger partial charge in [-0.05, 0) is 48.4 Å². The van der Waals surface area contributed by atoms with Gasteiger partial charge in [0.1, 0.15) is 12.4 Å². The molecule has 0 bridgehead atoms. The lowest BCUT2D eigenvalue weighted by molar-refractivity contribution is -0.385. The van der Waals surface area contributed by atoms with E-state index in [1.54, 1.807) is 12.1 Å². The highest BCUT2D eigenvalue weighted by molar-refractivity contribution is 9.10. The van der Waals surface area contributed by atoms with E-state index in [1.807, 2.05) is 37.3 Å². The normalized spacial score (nSPS) is 11.4. The summed E-state index contributed by atoms with van der Waals surface area (Å²) in [5.74, 6) is 0.493. The summed E-state index contributed by atoms with van der Waals surface area (Å²) in [6, 6.07) is 15.4. The van der Waals surface area contributed by atoms with Crippen molar-refractivity contribution in [2.75, 3.05) is 0 Å². The number of halogens is 3. The number of ether oxygens (including phenoxy) is 1. The van der Waals surface area contributed by atoms with Gasteiger partial charge < -0.3 is 4.74 Å². The van der Waals surface area contributed by atoms with E-state index in [9.17, 15) is 14.9 Å². The first-order valence-corrected chi connectivity index (χ1v) is 13.3. The zero-order chi connectivity index (χ0) is 26.5. The zero-order valence-corrected chi connectivity index (χ0v) is 23.6. The second kappa shape index (κ2) is 12.0. The molecule has 37 heavy (non-hydrogen) atoms. The van der Waals surface area contributed by atoms with Gasteiger partial charge in [0.15, 0.2) is 0 Å². The van der Waals surface area contributed by atoms with Gasteiger partial charge in [-0.2, -0.15) is 9.78 Å². The summed E-state index contributed by atoms with van der Waals surface area (Å²) < 4.78 is 8.77. The topological polar surface area (TPSA) is 99.6 Å². The predicted molar refractivity (Wildman–Crippen MR) is 152 cm³/mol. The maximum atomic E-state index is 13.4. The number of fused-ring (bicyclic) bond motifs is 1. The van der Waals surface area contributed by atoms with E-state index in [-0.39, 0.29) is 34.2 Å². The molecule has 1 aromatic heterocycles. The van der Waals surface area contributed by atoms with Crippen LogP contribution in [0.25, 0.3) is 10.9 Å². The van der Waals surface area contributed by atoms with Crippen molar-refractivity contribution in [2.24, 2.45) is 5.10 Å². The van der Waals surface area contributed by atoms with Crippen LogP contribution >= 0.6 is 43.5 Å². The van der Waals surface area contributed by atoms with Crippen LogP contribution in [0.5, 0.6) is 5.75 Å². The lowest BCUT2D eigenvalue weighted by atomic mass is 10.2. The van der Waals surface area contributed by atoms with E-state index in [0.29, 0.717) is 23.1 Å². The lowest BCUT2D eigenvalue weighted by Gasteiger charge is -2.12. The first-order chi connectivity index (χ1) is 17.8. The number of hydrogen-bond donors (Lipinski definition) is 0. The van der Waals surface area contributed by atoms with E-state index in [2.05, 4.69) is 41.9 Å². The molecule has 3 aromatic carbocycles. The molecule has 0 saturated carbocycles. The molecule has 0 aliphatic carbocycles. The van der Waals surface area contributed by atoms with Gasteiger partial charge in [0, 0.05) is 32.0 Å². The zero-order valence-electron chi connectivity index (χ0n) is 19.7. The number of hydrogen-bond acceptors (Lipinski definition) is 6. The van der Waals surface area contributed by atoms with Crippen LogP contribution in [0.2, 0.25) is 5.02 Å². The van der Waals surface area contributed by atoms with E-state index >= 15 is 0 Å². The van der Waals surface area contributed by atoms with Gasteiger partial charge in [-0.1, -0.05) is 68.9 Å². The minimum Gasteiger partial charge on any atom is -0.481 e. The van der Waals surface area contributed by atoms with Crippen LogP contribution in [0, 0.1) is 10.1 Å². The average Bonchev–Trinajstić information content (AvgIpc) is 2.87. The number of nitro groups is 1. The average molecular weight is 649 g/mol. The smallest absolute Gasteiger partial charge is 0.313 e. The van der Waals surface area contributed by atoms with Crippen molar-refractivity contribution in [3.8, 4) is 5.75 Å². The molecule has 0 unspecified atom stereocenters. The van der Waals surface area contributed by atoms with E-state index in [0.717, 1.165) is 27.4 Å². The standard InChI is InChI=1S/C26H21Br2ClN4O4/c1-2-3-4-24-31-22-10-9-19(28)12-21(22)26(34)32(24)30-14-17-11-20(29)13-23(33(35)36)25(17)37-15-16-5-7-18(27)8-6-16/h5-14H,2-4,15H2,1H3. The Balaban J connectivity index is 1.80. The summed E-state index contributed by atoms with van der Waals surface area (Å²) in [5, 5.41) is 16.8. The fourth-order valence-electron chi connectivity index (χ4n) is 3.66. The van der Waals surface area contributed by atoms with Crippen molar-refractivity contribution < 1.29 is 9.66 Å². The quantitative estimate of drug-likeness (QED) is 0.108. The third kappa shape index (κ3) is 6.44. The molecule has 4 aromatic rings. The molecule has 0 radical (unpaired) electrons. The molecular weight excluding hydrogens is 628 g/mol. The SMILES string of the molecule is CCCCc1nc2ccc(Br)cc2c(=O)n1N=Cc1cc(Cl)cc([N+](=O)[O-])c1OCc1ccc(Br)cc1. The molecule has 1 heterocycles. The van der Waals surface area contributed by atoms with Gasteiger partial charge in [0.25, 0.3) is 5.56 Å². The van der Waals surface area contributed by atoms with Gasteiger partial charge in [0.05, 0.1) is 22.0 Å². The highest BCUT2D eigenvalue weighted by atomic mass is 79.9. The molecule has 0 N–H and O–H groups in total. The molecule has 0 saturated heterocycles. The van der Waals surface area contributed by atoms with Crippen LogP contribution in [0.4, 0.5) is 5.69 Å². The third-order valence-electron chi connectivity index (χ3n) is 5.50. The van der Waals surface area contributed by atoms with Crippen LogP contribution in [0.3, 0.4) is 0 Å². The van der Waals surface area contributed by atoms with Crippen LogP contribution in [-0.2, 0) is 13.0 Å². The second-order valence-electron chi connectivity index (χ2n) is 8.17. The fourth-order valence-corrected chi connectivity index (χ4v) is 4.50. The number of nitro benzene ring substituents is 1. The molecule has 0 amide bonds. The third-order valence-corrected chi connectivity index (χ3v) is 6.74. The van der Waals surface area contributed by atoms with Crippen LogP contribution in [0.15, 0.2) is 73.4 Å². The molecule has 0 spiro atoms. The van der Waals surface area contributed by atoms with E-state index in [4.69, 9.17) is 16.3 Å². The molecular formula is C26H21Br2ClN4O4. The number of benzene rings is 3. The Hall–Kier alpha value is -3.08. The Morgan fingerprint density at radius 1 is 1.14 bits per heavy atom. The summed E-state index contributed by atoms with van der Waals surface area (Å²) in [7, 11) is 0. The number of rotatable bonds is 9. The summed E-state index contributed by atoms with van der Waals surface area (Å²) in [6.07, 6.45) is 3.61. The van der Waals surface area contributed by atoms with Crippen molar-refractivity contribution in [1.82, 2.24) is 9.66 Å². The van der Waals surface area contributed by atoms with Gasteiger partial charge in [-0.25, -0.2) is 4.98 Å². The summed E-state index contributed by atoms with van der Waals surface area (Å²) in [5.41, 5.74) is 1.01. The number of nitrogens with zero attached hydrogens (tertiary/aromatic N) is 4. The highest BCUT2D eigenvalue weighted by Crippen LogP contribution is 2.34. The Morgan fingerprint density at radius 3 is 2.57 bits per heavy atom. The van der Waals surface area contributed by atoms with Crippen molar-refractivity contribution in [2.45, 2.75) is 32.8 Å². The molecule has 0 fully saturated rings. The predicted octanol–water partition coefficient (Wildman–Crippen LogP) is 7.29. The molecule has 0 aliphatic rings. The molecule has 0 atom stereocenters. The van der Waals surface area contributed by atoms with E-state index in [1.165, 1.54) is 23.0 Å². The van der Waals surface area contributed by atoms with E-state index < -0.39 is 4.92 Å². The molecule has 4 rings (SSSR count). The largest absolute Gasteiger partial charge is 0.481 e. The monoisotopic (exact) mass is 646 g/mol. The van der Waals surface area contributed by atoms with Gasteiger partial charge in [0.2, 0.25) is 5.75 Å². The van der Waals surface area contributed by atoms with Gasteiger partial charge >= 0.3 is 5.69 Å². The Labute approximate surface area is 234 Å². The van der Waals surface area contributed by atoms with Gasteiger partial charge in [-0.15, -0.1) is 0 Å². The molecule has 8 nitrogen and oxygen atoms in total. The maximum absolute atomic E-state index is 13.4. The summed E-state index contributed by atoms with van der Waals surface area (Å²) >= 11 is 13.0. The van der Waals surface area contributed by atoms with Crippen LogP contribution in [-0.4, -0.2) is 20.8 Å². The van der Waals surface area contributed by atoms with Crippen molar-refractivity contribution >= 4 is 66.3 Å². The van der Waals surface area contributed by atoms with Crippen LogP contribution < -0.4 is 10.3 Å². The summed E-state index contributed by atoms with van der Waals surface area (Å²) in [6.45, 7) is 2.13. The Kier molecular flexibility index (Phi) is 8.73. The summed E-state index contributed by atoms with van der Waals surface area (Å²) in [4.78, 5) is 29.3. The van der Waals surface area contributed by atoms with Crippen molar-refractivity contribution in [1.29, 1.82) is 0 Å². The Morgan fingerprint density at radius 2 is 1.86 bits per heavy atom. The maximum Gasteiger partial charge on any atom is 0.313 e. The lowest BCUT2D eigenvalue weighted by Crippen LogP contribution is -2.22. The molecule has 11 heteroatoms. The molecule has 190 valence electrons. The van der Waals surface area contributed by atoms with Crippen LogP contribution in [0.1, 0.15) is 36.7 Å². The van der Waals surface area contributed by atoms with Gasteiger partial charge in [-0.3, -0.25) is 14.9 Å². The minimum absolute atomic E-state index is 0.000665. The van der Waals surface area contributed by atoms with Crippen molar-refractivity contribution in [3.05, 3.63) is 106 Å². The fraction of sp³-hybridized carbons (Fsp3) is 0.192. The number of unbranched alkanes of at least 4 members (excludes halogenated alkanes) is 1. The first-order valence-electron chi connectivity index (χ1n) is 11.4. The highest BCUT2D eigenvalue weighted by Gasteiger charge is 2.21. The second-order valence-corrected chi connectivity index (χ2v) is 10.4.